The first kappa shape index (κ1) is 22.2. The van der Waals surface area contributed by atoms with E-state index in [2.05, 4.69) is 24.1 Å². The quantitative estimate of drug-likeness (QED) is 0.689. The molecule has 1 unspecified atom stereocenters. The molecule has 2 aromatic rings. The minimum atomic E-state index is -3.88. The highest BCUT2D eigenvalue weighted by molar-refractivity contribution is 7.89. The molecule has 1 aromatic heterocycles. The molecule has 1 aliphatic heterocycles. The predicted octanol–water partition coefficient (Wildman–Crippen LogP) is 2.73. The van der Waals surface area contributed by atoms with Crippen molar-refractivity contribution >= 4 is 15.9 Å². The summed E-state index contributed by atoms with van der Waals surface area (Å²) in [7, 11) is -3.88. The van der Waals surface area contributed by atoms with E-state index in [-0.39, 0.29) is 23.9 Å². The van der Waals surface area contributed by atoms with Crippen LogP contribution >= 0.6 is 0 Å². The number of pyridine rings is 1. The van der Waals surface area contributed by atoms with Crippen molar-refractivity contribution in [2.24, 2.45) is 5.92 Å². The van der Waals surface area contributed by atoms with Gasteiger partial charge in [-0.3, -0.25) is 9.78 Å². The molecule has 1 amide bonds. The Morgan fingerprint density at radius 3 is 2.73 bits per heavy atom. The van der Waals surface area contributed by atoms with E-state index in [0.29, 0.717) is 36.8 Å². The highest BCUT2D eigenvalue weighted by Crippen LogP contribution is 2.26. The Labute approximate surface area is 176 Å². The van der Waals surface area contributed by atoms with Gasteiger partial charge in [0, 0.05) is 18.8 Å². The number of hydrogen-bond donors (Lipinski definition) is 1. The third-order valence-corrected chi connectivity index (χ3v) is 6.66. The largest absolute Gasteiger partial charge is 0.493 e. The fraction of sp³-hybridized carbons (Fsp3) is 0.429. The van der Waals surface area contributed by atoms with Crippen LogP contribution in [0, 0.1) is 11.7 Å². The van der Waals surface area contributed by atoms with Gasteiger partial charge in [0.25, 0.3) is 0 Å². The van der Waals surface area contributed by atoms with Crippen LogP contribution in [-0.4, -0.2) is 42.8 Å². The molecular formula is C21H26FN3O4S. The number of hydrogen-bond acceptors (Lipinski definition) is 5. The molecule has 1 saturated heterocycles. The number of carbonyl (C=O) groups excluding carboxylic acids is 1. The summed E-state index contributed by atoms with van der Waals surface area (Å²) in [4.78, 5) is 16.9. The Morgan fingerprint density at radius 1 is 1.30 bits per heavy atom. The zero-order valence-corrected chi connectivity index (χ0v) is 17.9. The summed E-state index contributed by atoms with van der Waals surface area (Å²) in [6, 6.07) is 7.32. The molecule has 1 aromatic carbocycles. The van der Waals surface area contributed by atoms with Crippen LogP contribution in [0.4, 0.5) is 4.39 Å². The molecule has 1 atom stereocenters. The first-order valence-electron chi connectivity index (χ1n) is 9.90. The number of aromatic nitrogens is 1. The number of nitrogens with one attached hydrogen (secondary N) is 1. The molecule has 30 heavy (non-hydrogen) atoms. The lowest BCUT2D eigenvalue weighted by molar-refractivity contribution is -0.124. The molecule has 2 heterocycles. The van der Waals surface area contributed by atoms with Gasteiger partial charge < -0.3 is 10.1 Å². The van der Waals surface area contributed by atoms with Gasteiger partial charge in [-0.1, -0.05) is 13.8 Å². The van der Waals surface area contributed by atoms with Crippen molar-refractivity contribution in [3.05, 3.63) is 54.1 Å². The Bertz CT molecular complexity index is 980. The molecule has 1 fully saturated rings. The van der Waals surface area contributed by atoms with Gasteiger partial charge in [-0.25, -0.2) is 12.8 Å². The van der Waals surface area contributed by atoms with Gasteiger partial charge in [0.15, 0.2) is 0 Å². The van der Waals surface area contributed by atoms with Crippen molar-refractivity contribution in [3.63, 3.8) is 0 Å². The lowest BCUT2D eigenvalue weighted by Crippen LogP contribution is -2.45. The summed E-state index contributed by atoms with van der Waals surface area (Å²) < 4.78 is 45.8. The minimum absolute atomic E-state index is 0.0275. The average Bonchev–Trinajstić information content (AvgIpc) is 3.22. The number of benzene rings is 1. The standard InChI is InChI=1S/C21H26FN3O4S/c1-15(2)14-29-18-9-10-23-17(12-18)13-24-21(26)20-4-3-11-25(20)30(27,28)19-7-5-16(22)6-8-19/h5-10,12,15,20H,3-4,11,13-14H2,1-2H3,(H,24,26). The maximum atomic E-state index is 13.1. The van der Waals surface area contributed by atoms with E-state index in [9.17, 15) is 17.6 Å². The van der Waals surface area contributed by atoms with E-state index in [0.717, 1.165) is 12.1 Å². The van der Waals surface area contributed by atoms with E-state index in [1.54, 1.807) is 18.3 Å². The molecule has 0 spiro atoms. The number of nitrogens with zero attached hydrogens (tertiary/aromatic N) is 2. The van der Waals surface area contributed by atoms with Crippen LogP contribution in [0.2, 0.25) is 0 Å². The van der Waals surface area contributed by atoms with Crippen LogP contribution in [0.5, 0.6) is 5.75 Å². The Balaban J connectivity index is 1.65. The molecular weight excluding hydrogens is 409 g/mol. The van der Waals surface area contributed by atoms with E-state index < -0.39 is 21.9 Å². The van der Waals surface area contributed by atoms with E-state index >= 15 is 0 Å². The SMILES string of the molecule is CC(C)COc1ccnc(CNC(=O)C2CCCN2S(=O)(=O)c2ccc(F)cc2)c1. The fourth-order valence-electron chi connectivity index (χ4n) is 3.23. The smallest absolute Gasteiger partial charge is 0.243 e. The second-order valence-corrected chi connectivity index (χ2v) is 9.52. The van der Waals surface area contributed by atoms with Crippen LogP contribution in [0.1, 0.15) is 32.4 Å². The van der Waals surface area contributed by atoms with E-state index in [4.69, 9.17) is 4.74 Å². The van der Waals surface area contributed by atoms with Crippen molar-refractivity contribution in [1.29, 1.82) is 0 Å². The number of sulfonamides is 1. The van der Waals surface area contributed by atoms with Crippen molar-refractivity contribution < 1.29 is 22.3 Å². The average molecular weight is 436 g/mol. The number of ether oxygens (including phenoxy) is 1. The molecule has 1 N–H and O–H groups in total. The lowest BCUT2D eigenvalue weighted by atomic mass is 10.2. The van der Waals surface area contributed by atoms with Crippen LogP contribution < -0.4 is 10.1 Å². The zero-order valence-electron chi connectivity index (χ0n) is 17.0. The van der Waals surface area contributed by atoms with Crippen molar-refractivity contribution in [2.75, 3.05) is 13.2 Å². The predicted molar refractivity (Wildman–Crippen MR) is 110 cm³/mol. The normalized spacial score (nSPS) is 17.3. The van der Waals surface area contributed by atoms with Gasteiger partial charge in [0.05, 0.1) is 23.7 Å². The molecule has 162 valence electrons. The molecule has 9 heteroatoms. The van der Waals surface area contributed by atoms with Gasteiger partial charge in [-0.15, -0.1) is 0 Å². The highest BCUT2D eigenvalue weighted by Gasteiger charge is 2.39. The second-order valence-electron chi connectivity index (χ2n) is 7.63. The summed E-state index contributed by atoms with van der Waals surface area (Å²) in [5, 5.41) is 2.77. The summed E-state index contributed by atoms with van der Waals surface area (Å²) in [6.45, 7) is 5.09. The lowest BCUT2D eigenvalue weighted by Gasteiger charge is -2.23. The Hall–Kier alpha value is -2.52. The van der Waals surface area contributed by atoms with E-state index in [1.807, 2.05) is 0 Å². The third-order valence-electron chi connectivity index (χ3n) is 4.74. The van der Waals surface area contributed by atoms with Crippen molar-refractivity contribution in [3.8, 4) is 5.75 Å². The van der Waals surface area contributed by atoms with Gasteiger partial charge in [0.1, 0.15) is 17.6 Å². The van der Waals surface area contributed by atoms with Crippen LogP contribution in [-0.2, 0) is 21.4 Å². The summed E-state index contributed by atoms with van der Waals surface area (Å²) >= 11 is 0. The van der Waals surface area contributed by atoms with Crippen molar-refractivity contribution in [1.82, 2.24) is 14.6 Å². The topological polar surface area (TPSA) is 88.6 Å². The van der Waals surface area contributed by atoms with Crippen LogP contribution in [0.15, 0.2) is 47.5 Å². The number of amides is 1. The number of halogens is 1. The van der Waals surface area contributed by atoms with Gasteiger partial charge in [0.2, 0.25) is 15.9 Å². The minimum Gasteiger partial charge on any atom is -0.493 e. The van der Waals surface area contributed by atoms with Gasteiger partial charge >= 0.3 is 0 Å². The molecule has 1 aliphatic rings. The first-order valence-corrected chi connectivity index (χ1v) is 11.3. The Morgan fingerprint density at radius 2 is 2.03 bits per heavy atom. The maximum absolute atomic E-state index is 13.1. The maximum Gasteiger partial charge on any atom is 0.243 e. The molecule has 0 aliphatic carbocycles. The van der Waals surface area contributed by atoms with Crippen molar-refractivity contribution in [2.45, 2.75) is 44.2 Å². The van der Waals surface area contributed by atoms with Gasteiger partial charge in [-0.2, -0.15) is 4.31 Å². The second kappa shape index (κ2) is 9.53. The van der Waals surface area contributed by atoms with E-state index in [1.165, 1.54) is 16.4 Å². The monoisotopic (exact) mass is 435 g/mol. The third kappa shape index (κ3) is 5.34. The molecule has 0 saturated carbocycles. The summed E-state index contributed by atoms with van der Waals surface area (Å²) in [5.74, 6) is 0.160. The number of rotatable bonds is 8. The first-order chi connectivity index (χ1) is 14.3. The van der Waals surface area contributed by atoms with Crippen LogP contribution in [0.3, 0.4) is 0 Å². The summed E-state index contributed by atoms with van der Waals surface area (Å²) in [5.41, 5.74) is 0.621. The van der Waals surface area contributed by atoms with Gasteiger partial charge in [-0.05, 0) is 49.1 Å². The fourth-order valence-corrected chi connectivity index (χ4v) is 4.89. The van der Waals surface area contributed by atoms with Crippen LogP contribution in [0.25, 0.3) is 0 Å². The molecule has 7 nitrogen and oxygen atoms in total. The highest BCUT2D eigenvalue weighted by atomic mass is 32.2. The molecule has 3 rings (SSSR count). The summed E-state index contributed by atoms with van der Waals surface area (Å²) in [6.07, 6.45) is 2.62. The molecule has 0 radical (unpaired) electrons. The molecule has 0 bridgehead atoms. The Kier molecular flexibility index (Phi) is 7.04. The number of carbonyl (C=O) groups is 1. The zero-order chi connectivity index (χ0) is 21.7.